The molecular weight excluding hydrogens is 416 g/mol. The van der Waals surface area contributed by atoms with E-state index < -0.39 is 13.0 Å². The minimum absolute atomic E-state index is 0.0558. The summed E-state index contributed by atoms with van der Waals surface area (Å²) in [5, 5.41) is 2.85. The summed E-state index contributed by atoms with van der Waals surface area (Å²) in [7, 11) is 1.42. The molecule has 0 saturated heterocycles. The molecule has 0 atom stereocenters. The molecule has 1 aliphatic rings. The number of aromatic nitrogens is 1. The van der Waals surface area contributed by atoms with Crippen LogP contribution in [0.15, 0.2) is 36.4 Å². The van der Waals surface area contributed by atoms with Crippen molar-refractivity contribution in [3.05, 3.63) is 42.0 Å². The number of alkyl halides is 2. The number of anilines is 2. The zero-order valence-electron chi connectivity index (χ0n) is 18.8. The third-order valence-corrected chi connectivity index (χ3v) is 5.61. The van der Waals surface area contributed by atoms with Gasteiger partial charge in [-0.2, -0.15) is 4.98 Å². The summed E-state index contributed by atoms with van der Waals surface area (Å²) in [6, 6.07) is 10.7. The van der Waals surface area contributed by atoms with Crippen LogP contribution in [0.3, 0.4) is 0 Å². The first-order valence-electron chi connectivity index (χ1n) is 11.1. The first-order valence-corrected chi connectivity index (χ1v) is 11.1. The fraction of sp³-hybridized carbons (Fsp3) is 0.500. The highest BCUT2D eigenvalue weighted by atomic mass is 19.3. The van der Waals surface area contributed by atoms with Crippen LogP contribution in [0.25, 0.3) is 0 Å². The second kappa shape index (κ2) is 11.1. The Morgan fingerprint density at radius 2 is 1.88 bits per heavy atom. The molecule has 0 radical (unpaired) electrons. The molecule has 1 aromatic carbocycles. The minimum atomic E-state index is -2.66. The number of rotatable bonds is 8. The molecule has 6 nitrogen and oxygen atoms in total. The number of carbonyl (C=O) groups is 1. The van der Waals surface area contributed by atoms with E-state index in [1.165, 1.54) is 7.11 Å². The first kappa shape index (κ1) is 23.8. The van der Waals surface area contributed by atoms with Crippen LogP contribution >= 0.6 is 0 Å². The molecule has 1 aliphatic carbocycles. The molecule has 0 unspecified atom stereocenters. The SMILES string of the molecule is COc1ccc(NC(=O)N(c2ccccc2C(C)C)C2CCCCC2)c(OCC(F)F)n1. The van der Waals surface area contributed by atoms with Crippen molar-refractivity contribution >= 4 is 17.4 Å². The highest BCUT2D eigenvalue weighted by molar-refractivity contribution is 6.03. The van der Waals surface area contributed by atoms with Gasteiger partial charge in [0, 0.05) is 17.8 Å². The van der Waals surface area contributed by atoms with E-state index in [0.29, 0.717) is 0 Å². The van der Waals surface area contributed by atoms with Crippen LogP contribution in [-0.4, -0.2) is 37.2 Å². The number of methoxy groups -OCH3 is 1. The molecule has 2 amide bonds. The quantitative estimate of drug-likeness (QED) is 0.521. The van der Waals surface area contributed by atoms with E-state index in [2.05, 4.69) is 24.1 Å². The molecule has 2 aromatic rings. The summed E-state index contributed by atoms with van der Waals surface area (Å²) >= 11 is 0. The number of hydrogen-bond donors (Lipinski definition) is 1. The van der Waals surface area contributed by atoms with Gasteiger partial charge in [0.05, 0.1) is 7.11 Å². The second-order valence-electron chi connectivity index (χ2n) is 8.21. The molecule has 0 spiro atoms. The predicted octanol–water partition coefficient (Wildman–Crippen LogP) is 6.23. The van der Waals surface area contributed by atoms with Crippen molar-refractivity contribution in [3.63, 3.8) is 0 Å². The van der Waals surface area contributed by atoms with E-state index >= 15 is 0 Å². The predicted molar refractivity (Wildman–Crippen MR) is 121 cm³/mol. The van der Waals surface area contributed by atoms with Crippen LogP contribution in [0.4, 0.5) is 25.0 Å². The van der Waals surface area contributed by atoms with Crippen molar-refractivity contribution in [1.29, 1.82) is 0 Å². The normalized spacial score (nSPS) is 14.5. The van der Waals surface area contributed by atoms with E-state index in [1.807, 2.05) is 29.2 Å². The lowest BCUT2D eigenvalue weighted by molar-refractivity contribution is 0.0796. The van der Waals surface area contributed by atoms with Gasteiger partial charge in [0.2, 0.25) is 11.8 Å². The van der Waals surface area contributed by atoms with Crippen LogP contribution in [0.1, 0.15) is 57.4 Å². The lowest BCUT2D eigenvalue weighted by Crippen LogP contribution is -2.44. The van der Waals surface area contributed by atoms with Gasteiger partial charge < -0.3 is 14.8 Å². The van der Waals surface area contributed by atoms with Crippen LogP contribution in [0.2, 0.25) is 0 Å². The highest BCUT2D eigenvalue weighted by Crippen LogP contribution is 2.34. The van der Waals surface area contributed by atoms with Gasteiger partial charge in [0.1, 0.15) is 5.69 Å². The van der Waals surface area contributed by atoms with Gasteiger partial charge in [-0.3, -0.25) is 4.90 Å². The average Bonchev–Trinajstić information content (AvgIpc) is 2.79. The van der Waals surface area contributed by atoms with Crippen molar-refractivity contribution < 1.29 is 23.0 Å². The molecule has 3 rings (SSSR count). The number of para-hydroxylation sites is 1. The van der Waals surface area contributed by atoms with Gasteiger partial charge in [-0.1, -0.05) is 51.3 Å². The summed E-state index contributed by atoms with van der Waals surface area (Å²) in [6.07, 6.45) is 2.44. The molecular formula is C24H31F2N3O3. The van der Waals surface area contributed by atoms with E-state index in [-0.39, 0.29) is 35.4 Å². The number of carbonyl (C=O) groups excluding carboxylic acids is 1. The van der Waals surface area contributed by atoms with Crippen LogP contribution < -0.4 is 19.7 Å². The summed E-state index contributed by atoms with van der Waals surface area (Å²) in [4.78, 5) is 19.5. The molecule has 1 heterocycles. The van der Waals surface area contributed by atoms with Crippen LogP contribution in [-0.2, 0) is 0 Å². The van der Waals surface area contributed by atoms with Crippen molar-refractivity contribution in [2.24, 2.45) is 0 Å². The fourth-order valence-corrected chi connectivity index (χ4v) is 4.07. The molecule has 32 heavy (non-hydrogen) atoms. The molecule has 0 aliphatic heterocycles. The van der Waals surface area contributed by atoms with E-state index in [9.17, 15) is 13.6 Å². The van der Waals surface area contributed by atoms with Gasteiger partial charge in [-0.05, 0) is 36.5 Å². The smallest absolute Gasteiger partial charge is 0.326 e. The molecule has 1 N–H and O–H groups in total. The number of nitrogens with one attached hydrogen (secondary N) is 1. The van der Waals surface area contributed by atoms with Crippen molar-refractivity contribution in [2.75, 3.05) is 23.9 Å². The Morgan fingerprint density at radius 3 is 2.53 bits per heavy atom. The lowest BCUT2D eigenvalue weighted by Gasteiger charge is -2.36. The third kappa shape index (κ3) is 5.87. The van der Waals surface area contributed by atoms with Gasteiger partial charge in [-0.15, -0.1) is 0 Å². The maximum absolute atomic E-state index is 13.6. The molecule has 0 bridgehead atoms. The van der Waals surface area contributed by atoms with Crippen LogP contribution in [0, 0.1) is 0 Å². The summed E-state index contributed by atoms with van der Waals surface area (Å²) < 4.78 is 35.7. The molecule has 174 valence electrons. The second-order valence-corrected chi connectivity index (χ2v) is 8.21. The standard InChI is InChI=1S/C24H31F2N3O3/c1-16(2)18-11-7-8-12-20(18)29(17-9-5-4-6-10-17)24(30)27-19-13-14-22(31-3)28-23(19)32-15-21(25)26/h7-8,11-14,16-17,21H,4-6,9-10,15H2,1-3H3,(H,27,30). The fourth-order valence-electron chi connectivity index (χ4n) is 4.07. The zero-order valence-corrected chi connectivity index (χ0v) is 18.8. The molecule has 1 saturated carbocycles. The Morgan fingerprint density at radius 1 is 1.16 bits per heavy atom. The topological polar surface area (TPSA) is 63.7 Å². The van der Waals surface area contributed by atoms with Gasteiger partial charge in [0.15, 0.2) is 6.61 Å². The van der Waals surface area contributed by atoms with Crippen molar-refractivity contribution in [2.45, 2.75) is 64.3 Å². The van der Waals surface area contributed by atoms with Gasteiger partial charge >= 0.3 is 6.03 Å². The number of benzene rings is 1. The summed E-state index contributed by atoms with van der Waals surface area (Å²) in [5.74, 6) is 0.345. The molecule has 1 fully saturated rings. The molecule has 1 aromatic heterocycles. The highest BCUT2D eigenvalue weighted by Gasteiger charge is 2.29. The van der Waals surface area contributed by atoms with Crippen LogP contribution in [0.5, 0.6) is 11.8 Å². The number of urea groups is 1. The van der Waals surface area contributed by atoms with E-state index in [4.69, 9.17) is 9.47 Å². The maximum Gasteiger partial charge on any atom is 0.326 e. The summed E-state index contributed by atoms with van der Waals surface area (Å²) in [5.41, 5.74) is 2.16. The van der Waals surface area contributed by atoms with Gasteiger partial charge in [0.25, 0.3) is 6.43 Å². The number of halogens is 2. The Labute approximate surface area is 187 Å². The Bertz CT molecular complexity index is 902. The van der Waals surface area contributed by atoms with Gasteiger partial charge in [-0.25, -0.2) is 13.6 Å². The first-order chi connectivity index (χ1) is 15.4. The maximum atomic E-state index is 13.6. The average molecular weight is 448 g/mol. The minimum Gasteiger partial charge on any atom is -0.481 e. The number of nitrogens with zero attached hydrogens (tertiary/aromatic N) is 2. The lowest BCUT2D eigenvalue weighted by atomic mass is 9.92. The molecule has 8 heteroatoms. The Kier molecular flexibility index (Phi) is 8.25. The Hall–Kier alpha value is -2.90. The Balaban J connectivity index is 1.94. The van der Waals surface area contributed by atoms with Crippen molar-refractivity contribution in [1.82, 2.24) is 4.98 Å². The number of pyridine rings is 1. The van der Waals surface area contributed by atoms with E-state index in [1.54, 1.807) is 12.1 Å². The van der Waals surface area contributed by atoms with E-state index in [0.717, 1.165) is 43.4 Å². The third-order valence-electron chi connectivity index (χ3n) is 5.61. The number of ether oxygens (including phenoxy) is 2. The summed E-state index contributed by atoms with van der Waals surface area (Å²) in [6.45, 7) is 3.37. The largest absolute Gasteiger partial charge is 0.481 e. The van der Waals surface area contributed by atoms with Crippen molar-refractivity contribution in [3.8, 4) is 11.8 Å². The monoisotopic (exact) mass is 447 g/mol. The number of amides is 2. The zero-order chi connectivity index (χ0) is 23.1. The number of hydrogen-bond acceptors (Lipinski definition) is 4.